The van der Waals surface area contributed by atoms with Gasteiger partial charge in [-0.25, -0.2) is 4.79 Å². The predicted molar refractivity (Wildman–Crippen MR) is 57.0 cm³/mol. The summed E-state index contributed by atoms with van der Waals surface area (Å²) in [5.41, 5.74) is 0.936. The van der Waals surface area contributed by atoms with Crippen molar-refractivity contribution >= 4 is 5.97 Å². The number of carbonyl (C=O) groups excluding carboxylic acids is 1. The van der Waals surface area contributed by atoms with Gasteiger partial charge in [-0.2, -0.15) is 0 Å². The Hall–Kier alpha value is -0.790. The first kappa shape index (κ1) is 11.3. The summed E-state index contributed by atoms with van der Waals surface area (Å²) in [6.45, 7) is 6.70. The van der Waals surface area contributed by atoms with E-state index in [1.54, 1.807) is 0 Å². The first-order valence-corrected chi connectivity index (χ1v) is 5.35. The molecular formula is C12H20O2. The third-order valence-electron chi connectivity index (χ3n) is 2.19. The molecule has 1 aliphatic carbocycles. The molecule has 0 fully saturated rings. The van der Waals surface area contributed by atoms with Gasteiger partial charge in [0.15, 0.2) is 0 Å². The van der Waals surface area contributed by atoms with Crippen LogP contribution in [0.1, 0.15) is 46.5 Å². The lowest BCUT2D eigenvalue weighted by Crippen LogP contribution is -2.19. The minimum atomic E-state index is -0.111. The Morgan fingerprint density at radius 3 is 2.64 bits per heavy atom. The molecule has 0 saturated carbocycles. The minimum absolute atomic E-state index is 0.0604. The Bertz CT molecular complexity index is 233. The largest absolute Gasteiger partial charge is 0.462 e. The molecule has 0 N–H and O–H groups in total. The van der Waals surface area contributed by atoms with Crippen LogP contribution < -0.4 is 0 Å². The van der Waals surface area contributed by atoms with Crippen LogP contribution in [0.25, 0.3) is 0 Å². The van der Waals surface area contributed by atoms with Gasteiger partial charge in [0, 0.05) is 5.57 Å². The van der Waals surface area contributed by atoms with Crippen molar-refractivity contribution in [2.24, 2.45) is 5.41 Å². The van der Waals surface area contributed by atoms with Crippen LogP contribution in [-0.4, -0.2) is 12.6 Å². The molecule has 0 amide bonds. The molecule has 2 nitrogen and oxygen atoms in total. The van der Waals surface area contributed by atoms with Crippen molar-refractivity contribution in [1.29, 1.82) is 0 Å². The molecule has 0 aromatic heterocycles. The van der Waals surface area contributed by atoms with E-state index in [-0.39, 0.29) is 11.4 Å². The van der Waals surface area contributed by atoms with Crippen LogP contribution in [0.4, 0.5) is 0 Å². The van der Waals surface area contributed by atoms with Crippen molar-refractivity contribution in [3.63, 3.8) is 0 Å². The Morgan fingerprint density at radius 1 is 1.43 bits per heavy atom. The van der Waals surface area contributed by atoms with E-state index in [4.69, 9.17) is 4.74 Å². The van der Waals surface area contributed by atoms with Gasteiger partial charge in [0.05, 0.1) is 6.61 Å². The molecule has 0 unspecified atom stereocenters. The summed E-state index contributed by atoms with van der Waals surface area (Å²) in [5.74, 6) is -0.111. The van der Waals surface area contributed by atoms with Gasteiger partial charge in [-0.15, -0.1) is 0 Å². The van der Waals surface area contributed by atoms with Gasteiger partial charge < -0.3 is 4.74 Å². The van der Waals surface area contributed by atoms with Gasteiger partial charge in [-0.1, -0.05) is 26.8 Å². The smallest absolute Gasteiger partial charge is 0.333 e. The van der Waals surface area contributed by atoms with E-state index in [0.717, 1.165) is 24.8 Å². The van der Waals surface area contributed by atoms with Crippen molar-refractivity contribution in [3.8, 4) is 0 Å². The zero-order valence-corrected chi connectivity index (χ0v) is 9.43. The number of carbonyl (C=O) groups is 1. The highest BCUT2D eigenvalue weighted by Gasteiger charge is 2.17. The van der Waals surface area contributed by atoms with E-state index in [1.165, 1.54) is 6.42 Å². The Kier molecular flexibility index (Phi) is 3.73. The van der Waals surface area contributed by atoms with Crippen LogP contribution in [0, 0.1) is 5.41 Å². The quantitative estimate of drug-likeness (QED) is 0.634. The second-order valence-corrected chi connectivity index (χ2v) is 5.11. The van der Waals surface area contributed by atoms with Crippen LogP contribution >= 0.6 is 0 Å². The van der Waals surface area contributed by atoms with Gasteiger partial charge in [0.25, 0.3) is 0 Å². The van der Waals surface area contributed by atoms with Crippen LogP contribution in [-0.2, 0) is 9.53 Å². The highest BCUT2D eigenvalue weighted by atomic mass is 16.5. The van der Waals surface area contributed by atoms with E-state index in [0.29, 0.717) is 6.61 Å². The van der Waals surface area contributed by atoms with Gasteiger partial charge in [0.1, 0.15) is 0 Å². The molecule has 0 aliphatic heterocycles. The van der Waals surface area contributed by atoms with Crippen molar-refractivity contribution in [1.82, 2.24) is 0 Å². The zero-order valence-electron chi connectivity index (χ0n) is 9.43. The molecular weight excluding hydrogens is 176 g/mol. The van der Waals surface area contributed by atoms with E-state index >= 15 is 0 Å². The fourth-order valence-electron chi connectivity index (χ4n) is 1.40. The lowest BCUT2D eigenvalue weighted by atomic mass is 9.98. The molecule has 0 bridgehead atoms. The highest BCUT2D eigenvalue weighted by Crippen LogP contribution is 2.20. The first-order chi connectivity index (χ1) is 6.49. The molecule has 80 valence electrons. The second-order valence-electron chi connectivity index (χ2n) is 5.11. The number of allylic oxidation sites excluding steroid dienone is 1. The number of hydrogen-bond donors (Lipinski definition) is 0. The van der Waals surface area contributed by atoms with Gasteiger partial charge >= 0.3 is 5.97 Å². The third-order valence-corrected chi connectivity index (χ3v) is 2.19. The maximum Gasteiger partial charge on any atom is 0.333 e. The van der Waals surface area contributed by atoms with E-state index in [9.17, 15) is 4.79 Å². The van der Waals surface area contributed by atoms with Crippen molar-refractivity contribution in [2.75, 3.05) is 6.61 Å². The highest BCUT2D eigenvalue weighted by molar-refractivity contribution is 5.88. The normalized spacial score (nSPS) is 17.5. The number of ether oxygens (including phenoxy) is 1. The minimum Gasteiger partial charge on any atom is -0.462 e. The Morgan fingerprint density at radius 2 is 2.14 bits per heavy atom. The molecule has 0 spiro atoms. The molecule has 0 aromatic rings. The predicted octanol–water partition coefficient (Wildman–Crippen LogP) is 3.08. The molecule has 0 radical (unpaired) electrons. The molecule has 14 heavy (non-hydrogen) atoms. The summed E-state index contributed by atoms with van der Waals surface area (Å²) < 4.78 is 5.24. The first-order valence-electron chi connectivity index (χ1n) is 5.35. The zero-order chi connectivity index (χ0) is 10.6. The summed E-state index contributed by atoms with van der Waals surface area (Å²) in [7, 11) is 0. The van der Waals surface area contributed by atoms with Crippen LogP contribution in [0.2, 0.25) is 0 Å². The Balaban J connectivity index is 2.38. The average Bonchev–Trinajstić information content (AvgIpc) is 2.14. The standard InChI is InChI=1S/C12H20O2/c1-12(2,3)9-14-11(13)10-7-5-4-6-8-10/h7H,4-6,8-9H2,1-3H3. The SMILES string of the molecule is CC(C)(C)COC(=O)C1=CCCCC1. The summed E-state index contributed by atoms with van der Waals surface area (Å²) in [6.07, 6.45) is 6.27. The third kappa shape index (κ3) is 3.95. The lowest BCUT2D eigenvalue weighted by Gasteiger charge is -2.19. The van der Waals surface area contributed by atoms with Gasteiger partial charge in [-0.3, -0.25) is 0 Å². The summed E-state index contributed by atoms with van der Waals surface area (Å²) in [5, 5.41) is 0. The van der Waals surface area contributed by atoms with E-state index in [1.807, 2.05) is 6.08 Å². The average molecular weight is 196 g/mol. The van der Waals surface area contributed by atoms with Crippen molar-refractivity contribution < 1.29 is 9.53 Å². The maximum absolute atomic E-state index is 11.6. The number of esters is 1. The Labute approximate surface area is 86.3 Å². The summed E-state index contributed by atoms with van der Waals surface area (Å²) in [4.78, 5) is 11.6. The van der Waals surface area contributed by atoms with E-state index in [2.05, 4.69) is 20.8 Å². The van der Waals surface area contributed by atoms with Crippen molar-refractivity contribution in [3.05, 3.63) is 11.6 Å². The molecule has 0 aromatic carbocycles. The van der Waals surface area contributed by atoms with Crippen LogP contribution in [0.5, 0.6) is 0 Å². The topological polar surface area (TPSA) is 26.3 Å². The lowest BCUT2D eigenvalue weighted by molar-refractivity contribution is -0.142. The molecule has 1 aliphatic rings. The maximum atomic E-state index is 11.6. The van der Waals surface area contributed by atoms with E-state index < -0.39 is 0 Å². The molecule has 2 heteroatoms. The van der Waals surface area contributed by atoms with Crippen LogP contribution in [0.15, 0.2) is 11.6 Å². The summed E-state index contributed by atoms with van der Waals surface area (Å²) in [6, 6.07) is 0. The van der Waals surface area contributed by atoms with Crippen molar-refractivity contribution in [2.45, 2.75) is 46.5 Å². The second kappa shape index (κ2) is 4.63. The summed E-state index contributed by atoms with van der Waals surface area (Å²) >= 11 is 0. The molecule has 1 rings (SSSR count). The fourth-order valence-corrected chi connectivity index (χ4v) is 1.40. The molecule has 0 saturated heterocycles. The van der Waals surface area contributed by atoms with Gasteiger partial charge in [-0.05, 0) is 31.1 Å². The van der Waals surface area contributed by atoms with Crippen LogP contribution in [0.3, 0.4) is 0 Å². The number of rotatable bonds is 2. The number of hydrogen-bond acceptors (Lipinski definition) is 2. The molecule has 0 atom stereocenters. The molecule has 0 heterocycles. The monoisotopic (exact) mass is 196 g/mol. The van der Waals surface area contributed by atoms with Gasteiger partial charge in [0.2, 0.25) is 0 Å². The fraction of sp³-hybridized carbons (Fsp3) is 0.750.